The number of aromatic nitrogens is 2. The van der Waals surface area contributed by atoms with Crippen LogP contribution < -0.4 is 0 Å². The van der Waals surface area contributed by atoms with E-state index in [4.69, 9.17) is 4.74 Å². The molecule has 0 N–H and O–H groups in total. The molecule has 1 aliphatic rings. The molecule has 1 fully saturated rings. The lowest BCUT2D eigenvalue weighted by Crippen LogP contribution is -2.43. The Morgan fingerprint density at radius 2 is 1.92 bits per heavy atom. The molecule has 0 bridgehead atoms. The minimum atomic E-state index is -0.528. The molecule has 0 atom stereocenters. The Hall–Kier alpha value is -2.63. The van der Waals surface area contributed by atoms with Crippen molar-refractivity contribution in [3.8, 4) is 5.69 Å². The minimum Gasteiger partial charge on any atom is -0.452 e. The Morgan fingerprint density at radius 1 is 1.19 bits per heavy atom. The molecular weight excluding hydrogens is 330 g/mol. The van der Waals surface area contributed by atoms with E-state index in [-0.39, 0.29) is 18.6 Å². The van der Waals surface area contributed by atoms with Gasteiger partial charge in [0, 0.05) is 18.8 Å². The fourth-order valence-electron chi connectivity index (χ4n) is 3.47. The number of carbonyl (C=O) groups is 2. The Morgan fingerprint density at radius 3 is 2.62 bits per heavy atom. The molecule has 0 saturated heterocycles. The van der Waals surface area contributed by atoms with E-state index in [1.165, 1.54) is 12.6 Å². The highest BCUT2D eigenvalue weighted by Gasteiger charge is 2.25. The summed E-state index contributed by atoms with van der Waals surface area (Å²) in [7, 11) is 0. The Balaban J connectivity index is 1.56. The van der Waals surface area contributed by atoms with E-state index in [1.807, 2.05) is 42.2 Å². The second kappa shape index (κ2) is 8.65. The second-order valence-corrected chi connectivity index (χ2v) is 6.56. The number of benzene rings is 1. The molecule has 1 amide bonds. The zero-order valence-corrected chi connectivity index (χ0v) is 15.1. The number of esters is 1. The van der Waals surface area contributed by atoms with Crippen molar-refractivity contribution in [3.05, 3.63) is 48.3 Å². The predicted octanol–water partition coefficient (Wildman–Crippen LogP) is 3.21. The molecule has 6 nitrogen and oxygen atoms in total. The molecule has 0 aliphatic heterocycles. The summed E-state index contributed by atoms with van der Waals surface area (Å²) < 4.78 is 6.84. The van der Waals surface area contributed by atoms with Crippen molar-refractivity contribution in [1.29, 1.82) is 0 Å². The van der Waals surface area contributed by atoms with Gasteiger partial charge in [-0.2, -0.15) is 5.10 Å². The molecule has 1 aliphatic carbocycles. The normalized spacial score (nSPS) is 14.8. The topological polar surface area (TPSA) is 64.4 Å². The van der Waals surface area contributed by atoms with Crippen LogP contribution in [-0.4, -0.2) is 45.8 Å². The van der Waals surface area contributed by atoms with E-state index in [9.17, 15) is 9.59 Å². The standard InChI is InChI=1S/C20H25N3O3/c1-2-22(17-9-5-3-6-10-17)19(24)15-26-20(25)16-13-21-23(14-16)18-11-7-4-8-12-18/h4,7-8,11-14,17H,2-3,5-6,9-10,15H2,1H3. The Labute approximate surface area is 153 Å². The smallest absolute Gasteiger partial charge is 0.341 e. The maximum atomic E-state index is 12.5. The van der Waals surface area contributed by atoms with Crippen molar-refractivity contribution in [2.75, 3.05) is 13.2 Å². The van der Waals surface area contributed by atoms with Gasteiger partial charge in [-0.25, -0.2) is 9.48 Å². The van der Waals surface area contributed by atoms with Gasteiger partial charge in [0.25, 0.3) is 5.91 Å². The fourth-order valence-corrected chi connectivity index (χ4v) is 3.47. The van der Waals surface area contributed by atoms with Crippen LogP contribution in [0.5, 0.6) is 0 Å². The van der Waals surface area contributed by atoms with Gasteiger partial charge in [-0.05, 0) is 31.9 Å². The summed E-state index contributed by atoms with van der Waals surface area (Å²) in [5, 5.41) is 4.18. The quantitative estimate of drug-likeness (QED) is 0.747. The molecule has 6 heteroatoms. The maximum absolute atomic E-state index is 12.5. The molecule has 1 aromatic heterocycles. The van der Waals surface area contributed by atoms with Gasteiger partial charge >= 0.3 is 5.97 Å². The van der Waals surface area contributed by atoms with E-state index < -0.39 is 5.97 Å². The highest BCUT2D eigenvalue weighted by Crippen LogP contribution is 2.22. The van der Waals surface area contributed by atoms with Gasteiger partial charge in [0.2, 0.25) is 0 Å². The molecule has 3 rings (SSSR count). The van der Waals surface area contributed by atoms with Gasteiger partial charge in [0.15, 0.2) is 6.61 Å². The molecule has 26 heavy (non-hydrogen) atoms. The lowest BCUT2D eigenvalue weighted by atomic mass is 9.94. The molecule has 138 valence electrons. The first-order chi connectivity index (χ1) is 12.7. The Bertz CT molecular complexity index is 736. The van der Waals surface area contributed by atoms with E-state index in [0.717, 1.165) is 31.4 Å². The molecule has 1 aromatic carbocycles. The van der Waals surface area contributed by atoms with Gasteiger partial charge in [-0.15, -0.1) is 0 Å². The van der Waals surface area contributed by atoms with Gasteiger partial charge in [-0.3, -0.25) is 4.79 Å². The largest absolute Gasteiger partial charge is 0.452 e. The lowest BCUT2D eigenvalue weighted by molar-refractivity contribution is -0.137. The second-order valence-electron chi connectivity index (χ2n) is 6.56. The first-order valence-corrected chi connectivity index (χ1v) is 9.25. The van der Waals surface area contributed by atoms with Crippen LogP contribution in [0.2, 0.25) is 0 Å². The van der Waals surface area contributed by atoms with Crippen LogP contribution in [0, 0.1) is 0 Å². The SMILES string of the molecule is CCN(C(=O)COC(=O)c1cnn(-c2ccccc2)c1)C1CCCCC1. The van der Waals surface area contributed by atoms with Gasteiger partial charge in [0.1, 0.15) is 0 Å². The van der Waals surface area contributed by atoms with E-state index in [0.29, 0.717) is 12.1 Å². The summed E-state index contributed by atoms with van der Waals surface area (Å²) in [6.45, 7) is 2.39. The van der Waals surface area contributed by atoms with Crippen LogP contribution in [0.15, 0.2) is 42.7 Å². The zero-order valence-electron chi connectivity index (χ0n) is 15.1. The van der Waals surface area contributed by atoms with Crippen LogP contribution in [-0.2, 0) is 9.53 Å². The first-order valence-electron chi connectivity index (χ1n) is 9.25. The number of nitrogens with zero attached hydrogens (tertiary/aromatic N) is 3. The van der Waals surface area contributed by atoms with Gasteiger partial charge in [0.05, 0.1) is 17.4 Å². The molecular formula is C20H25N3O3. The predicted molar refractivity (Wildman–Crippen MR) is 98.1 cm³/mol. The average Bonchev–Trinajstić information content (AvgIpc) is 3.18. The van der Waals surface area contributed by atoms with Gasteiger partial charge < -0.3 is 9.64 Å². The Kier molecular flexibility index (Phi) is 6.04. The molecule has 1 heterocycles. The van der Waals surface area contributed by atoms with Crippen molar-refractivity contribution in [3.63, 3.8) is 0 Å². The summed E-state index contributed by atoms with van der Waals surface area (Å²) in [6.07, 6.45) is 8.70. The highest BCUT2D eigenvalue weighted by molar-refractivity contribution is 5.91. The van der Waals surface area contributed by atoms with Crippen molar-refractivity contribution in [2.24, 2.45) is 0 Å². The number of rotatable bonds is 6. The molecule has 0 spiro atoms. The number of hydrogen-bond donors (Lipinski definition) is 0. The van der Waals surface area contributed by atoms with E-state index in [1.54, 1.807) is 10.9 Å². The highest BCUT2D eigenvalue weighted by atomic mass is 16.5. The van der Waals surface area contributed by atoms with Crippen molar-refractivity contribution >= 4 is 11.9 Å². The zero-order chi connectivity index (χ0) is 18.4. The third kappa shape index (κ3) is 4.31. The lowest BCUT2D eigenvalue weighted by Gasteiger charge is -2.33. The summed E-state index contributed by atoms with van der Waals surface area (Å²) in [4.78, 5) is 26.5. The summed E-state index contributed by atoms with van der Waals surface area (Å²) >= 11 is 0. The third-order valence-electron chi connectivity index (χ3n) is 4.84. The van der Waals surface area contributed by atoms with Gasteiger partial charge in [-0.1, -0.05) is 37.5 Å². The minimum absolute atomic E-state index is 0.122. The fraction of sp³-hybridized carbons (Fsp3) is 0.450. The molecule has 2 aromatic rings. The summed E-state index contributed by atoms with van der Waals surface area (Å²) in [6, 6.07) is 9.79. The van der Waals surface area contributed by atoms with Crippen LogP contribution in [0.4, 0.5) is 0 Å². The number of ether oxygens (including phenoxy) is 1. The van der Waals surface area contributed by atoms with Crippen LogP contribution in [0.1, 0.15) is 49.4 Å². The number of likely N-dealkylation sites (N-methyl/N-ethyl adjacent to an activating group) is 1. The summed E-state index contributed by atoms with van der Waals surface area (Å²) in [5.41, 5.74) is 1.19. The number of hydrogen-bond acceptors (Lipinski definition) is 4. The van der Waals surface area contributed by atoms with Crippen LogP contribution >= 0.6 is 0 Å². The summed E-state index contributed by atoms with van der Waals surface area (Å²) in [5.74, 6) is -0.650. The number of para-hydroxylation sites is 1. The average molecular weight is 355 g/mol. The van der Waals surface area contributed by atoms with E-state index >= 15 is 0 Å². The van der Waals surface area contributed by atoms with Crippen LogP contribution in [0.3, 0.4) is 0 Å². The molecule has 0 radical (unpaired) electrons. The van der Waals surface area contributed by atoms with Crippen LogP contribution in [0.25, 0.3) is 5.69 Å². The van der Waals surface area contributed by atoms with Crippen molar-refractivity contribution in [1.82, 2.24) is 14.7 Å². The third-order valence-corrected chi connectivity index (χ3v) is 4.84. The maximum Gasteiger partial charge on any atom is 0.341 e. The number of carbonyl (C=O) groups excluding carboxylic acids is 2. The number of amides is 1. The monoisotopic (exact) mass is 355 g/mol. The molecule has 1 saturated carbocycles. The molecule has 0 unspecified atom stereocenters. The van der Waals surface area contributed by atoms with Crippen molar-refractivity contribution in [2.45, 2.75) is 45.1 Å². The van der Waals surface area contributed by atoms with E-state index in [2.05, 4.69) is 5.10 Å². The first kappa shape index (κ1) is 18.2. The van der Waals surface area contributed by atoms with Crippen molar-refractivity contribution < 1.29 is 14.3 Å².